The summed E-state index contributed by atoms with van der Waals surface area (Å²) in [7, 11) is -5.49. The number of sulfonamides is 2. The van der Waals surface area contributed by atoms with Gasteiger partial charge in [0.2, 0.25) is 0 Å². The molecule has 0 amide bonds. The first-order valence-electron chi connectivity index (χ1n) is 14.9. The fraction of sp³-hybridized carbons (Fsp3) is 0.294. The Balaban J connectivity index is 1.25. The number of rotatable bonds is 12. The van der Waals surface area contributed by atoms with Crippen molar-refractivity contribution in [2.24, 2.45) is 5.41 Å². The first kappa shape index (κ1) is 32.0. The Morgan fingerprint density at radius 1 is 0.870 bits per heavy atom. The van der Waals surface area contributed by atoms with Gasteiger partial charge in [0.15, 0.2) is 0 Å². The molecule has 3 aromatic rings. The summed E-state index contributed by atoms with van der Waals surface area (Å²) in [6.45, 7) is 10.4. The molecule has 46 heavy (non-hydrogen) atoms. The maximum atomic E-state index is 11.9. The van der Waals surface area contributed by atoms with Crippen molar-refractivity contribution in [3.8, 4) is 5.75 Å². The molecule has 3 aromatic carbocycles. The number of nitrogens with one attached hydrogen (secondary N) is 2. The maximum absolute atomic E-state index is 11.9. The maximum Gasteiger partial charge on any atom is 0.254 e. The molecule has 6 rings (SSSR count). The molecular formula is C34H38N4O6S2. The molecule has 10 nitrogen and oxygen atoms in total. The molecule has 1 atom stereocenters. The highest BCUT2D eigenvalue weighted by Crippen LogP contribution is 2.54. The lowest BCUT2D eigenvalue weighted by molar-refractivity contribution is -0.0140. The third-order valence-corrected chi connectivity index (χ3v) is 11.0. The Labute approximate surface area is 270 Å². The van der Waals surface area contributed by atoms with E-state index in [1.807, 2.05) is 30.3 Å². The van der Waals surface area contributed by atoms with E-state index in [1.165, 1.54) is 22.3 Å². The first-order valence-corrected chi connectivity index (χ1v) is 18.0. The molecule has 1 aliphatic carbocycles. The standard InChI is InChI=1S/C34H38N4O6S2/c1-4-45(40,41)35-27-10-6-24(7-11-27)18-37-21-34(22-37)23-38(19-25-8-12-28(13-9-25)36-46(42,43)5-2)32(20-39)31-17-26-16-29(44-3)14-15-30(26)33(31)34/h4-16,32,35-36,39H,1-2,17-23H2,3H3. The Morgan fingerprint density at radius 2 is 1.43 bits per heavy atom. The van der Waals surface area contributed by atoms with Crippen molar-refractivity contribution in [2.45, 2.75) is 25.6 Å². The van der Waals surface area contributed by atoms with Gasteiger partial charge in [0.1, 0.15) is 5.75 Å². The molecule has 1 fully saturated rings. The van der Waals surface area contributed by atoms with E-state index < -0.39 is 20.0 Å². The second kappa shape index (κ2) is 12.3. The minimum absolute atomic E-state index is 0.0110. The third-order valence-electron chi connectivity index (χ3n) is 9.05. The van der Waals surface area contributed by atoms with E-state index in [2.05, 4.69) is 44.5 Å². The van der Waals surface area contributed by atoms with Crippen LogP contribution in [-0.2, 0) is 39.6 Å². The summed E-state index contributed by atoms with van der Waals surface area (Å²) < 4.78 is 58.0. The molecule has 2 aliphatic heterocycles. The van der Waals surface area contributed by atoms with Gasteiger partial charge in [0.05, 0.1) is 19.8 Å². The zero-order chi connectivity index (χ0) is 32.7. The summed E-state index contributed by atoms with van der Waals surface area (Å²) in [5.41, 5.74) is 7.91. The number of ether oxygens (including phenoxy) is 1. The molecule has 0 bridgehead atoms. The van der Waals surface area contributed by atoms with E-state index in [4.69, 9.17) is 4.74 Å². The number of methoxy groups -OCH3 is 1. The summed E-state index contributed by atoms with van der Waals surface area (Å²) in [6, 6.07) is 20.8. The van der Waals surface area contributed by atoms with Crippen LogP contribution in [-0.4, -0.2) is 71.1 Å². The van der Waals surface area contributed by atoms with Gasteiger partial charge in [-0.05, 0) is 76.2 Å². The molecule has 242 valence electrons. The van der Waals surface area contributed by atoms with Crippen molar-refractivity contribution in [1.82, 2.24) is 9.80 Å². The largest absolute Gasteiger partial charge is 0.497 e. The van der Waals surface area contributed by atoms with Gasteiger partial charge in [0.25, 0.3) is 20.0 Å². The number of aliphatic hydroxyl groups is 1. The van der Waals surface area contributed by atoms with Crippen LogP contribution in [0, 0.1) is 5.41 Å². The van der Waals surface area contributed by atoms with Crippen LogP contribution >= 0.6 is 0 Å². The van der Waals surface area contributed by atoms with E-state index in [9.17, 15) is 21.9 Å². The Morgan fingerprint density at radius 3 is 1.96 bits per heavy atom. The van der Waals surface area contributed by atoms with Gasteiger partial charge in [-0.15, -0.1) is 0 Å². The minimum Gasteiger partial charge on any atom is -0.497 e. The second-order valence-electron chi connectivity index (χ2n) is 12.2. The molecule has 12 heteroatoms. The number of fused-ring (bicyclic) bond motifs is 3. The molecule has 0 aromatic heterocycles. The summed E-state index contributed by atoms with van der Waals surface area (Å²) in [6.07, 6.45) is 0.746. The molecule has 3 aliphatic rings. The predicted molar refractivity (Wildman–Crippen MR) is 181 cm³/mol. The predicted octanol–water partition coefficient (Wildman–Crippen LogP) is 4.15. The number of hydrogen-bond acceptors (Lipinski definition) is 8. The summed E-state index contributed by atoms with van der Waals surface area (Å²) in [4.78, 5) is 4.75. The van der Waals surface area contributed by atoms with Crippen LogP contribution in [0.3, 0.4) is 0 Å². The highest BCUT2D eigenvalue weighted by molar-refractivity contribution is 7.95. The van der Waals surface area contributed by atoms with E-state index in [0.717, 1.165) is 60.3 Å². The number of anilines is 2. The summed E-state index contributed by atoms with van der Waals surface area (Å²) in [5.74, 6) is 0.811. The average molecular weight is 663 g/mol. The first-order chi connectivity index (χ1) is 22.0. The monoisotopic (exact) mass is 662 g/mol. The van der Waals surface area contributed by atoms with E-state index in [-0.39, 0.29) is 18.1 Å². The topological polar surface area (TPSA) is 128 Å². The SMILES string of the molecule is C=CS(=O)(=O)Nc1ccc(CN2CC3(C2)CN(Cc2ccc(NS(=O)(=O)C=C)cc2)C(CO)C2=C3c3ccc(OC)cc3C2)cc1. The number of nitrogens with zero attached hydrogens (tertiary/aromatic N) is 2. The van der Waals surface area contributed by atoms with Crippen molar-refractivity contribution >= 4 is 37.0 Å². The summed E-state index contributed by atoms with van der Waals surface area (Å²) >= 11 is 0. The molecule has 1 unspecified atom stereocenters. The summed E-state index contributed by atoms with van der Waals surface area (Å²) in [5, 5.41) is 12.5. The fourth-order valence-electron chi connectivity index (χ4n) is 7.10. The highest BCUT2D eigenvalue weighted by Gasteiger charge is 2.54. The van der Waals surface area contributed by atoms with Crippen molar-refractivity contribution in [1.29, 1.82) is 0 Å². The zero-order valence-electron chi connectivity index (χ0n) is 25.6. The Bertz CT molecular complexity index is 1900. The van der Waals surface area contributed by atoms with Crippen molar-refractivity contribution in [3.05, 3.63) is 119 Å². The van der Waals surface area contributed by atoms with E-state index in [1.54, 1.807) is 31.4 Å². The van der Waals surface area contributed by atoms with Crippen LogP contribution in [0.5, 0.6) is 5.75 Å². The third kappa shape index (κ3) is 6.36. The molecule has 0 saturated carbocycles. The number of hydrogen-bond donors (Lipinski definition) is 3. The van der Waals surface area contributed by atoms with Crippen molar-refractivity contribution in [2.75, 3.05) is 42.8 Å². The van der Waals surface area contributed by atoms with Gasteiger partial charge in [-0.1, -0.05) is 43.5 Å². The van der Waals surface area contributed by atoms with Crippen LogP contribution in [0.2, 0.25) is 0 Å². The van der Waals surface area contributed by atoms with E-state index >= 15 is 0 Å². The van der Waals surface area contributed by atoms with Crippen LogP contribution in [0.15, 0.2) is 96.3 Å². The lowest BCUT2D eigenvalue weighted by Gasteiger charge is -2.57. The van der Waals surface area contributed by atoms with Gasteiger partial charge < -0.3 is 9.84 Å². The van der Waals surface area contributed by atoms with Crippen LogP contribution in [0.1, 0.15) is 22.3 Å². The molecular weight excluding hydrogens is 625 g/mol. The number of likely N-dealkylation sites (tertiary alicyclic amines) is 1. The van der Waals surface area contributed by atoms with Crippen LogP contribution in [0.25, 0.3) is 5.57 Å². The highest BCUT2D eigenvalue weighted by atomic mass is 32.2. The number of benzene rings is 3. The molecule has 0 radical (unpaired) electrons. The molecule has 3 N–H and O–H groups in total. The number of aliphatic hydroxyl groups excluding tert-OH is 1. The Kier molecular flexibility index (Phi) is 8.59. The quantitative estimate of drug-likeness (QED) is 0.264. The van der Waals surface area contributed by atoms with Gasteiger partial charge in [0, 0.05) is 60.3 Å². The fourth-order valence-corrected chi connectivity index (χ4v) is 8.19. The van der Waals surface area contributed by atoms with Crippen LogP contribution in [0.4, 0.5) is 11.4 Å². The van der Waals surface area contributed by atoms with Gasteiger partial charge in [-0.2, -0.15) is 0 Å². The Hall–Kier alpha value is -3.94. The molecule has 1 spiro atoms. The lowest BCUT2D eigenvalue weighted by atomic mass is 9.66. The van der Waals surface area contributed by atoms with Gasteiger partial charge >= 0.3 is 0 Å². The molecule has 1 saturated heterocycles. The minimum atomic E-state index is -3.60. The van der Waals surface area contributed by atoms with Gasteiger partial charge in [-0.3, -0.25) is 19.2 Å². The normalized spacial score (nSPS) is 19.2. The van der Waals surface area contributed by atoms with Gasteiger partial charge in [-0.25, -0.2) is 16.8 Å². The lowest BCUT2D eigenvalue weighted by Crippen LogP contribution is -2.64. The molecule has 2 heterocycles. The van der Waals surface area contributed by atoms with Crippen molar-refractivity contribution in [3.63, 3.8) is 0 Å². The zero-order valence-corrected chi connectivity index (χ0v) is 27.3. The van der Waals surface area contributed by atoms with Crippen molar-refractivity contribution < 1.29 is 26.7 Å². The van der Waals surface area contributed by atoms with Crippen LogP contribution < -0.4 is 14.2 Å². The smallest absolute Gasteiger partial charge is 0.254 e. The van der Waals surface area contributed by atoms with E-state index in [0.29, 0.717) is 17.9 Å². The second-order valence-corrected chi connectivity index (χ2v) is 15.4. The average Bonchev–Trinajstić information content (AvgIpc) is 3.41.